The average Bonchev–Trinajstić information content (AvgIpc) is 3.31. The monoisotopic (exact) mass is 521 g/mol. The van der Waals surface area contributed by atoms with Gasteiger partial charge in [0.2, 0.25) is 22.7 Å². The fourth-order valence-corrected chi connectivity index (χ4v) is 5.33. The van der Waals surface area contributed by atoms with Gasteiger partial charge in [-0.3, -0.25) is 4.79 Å². The summed E-state index contributed by atoms with van der Waals surface area (Å²) in [6.07, 6.45) is 2.97. The Hall–Kier alpha value is -4.15. The number of amides is 1. The molecule has 6 rings (SSSR count). The first-order valence-corrected chi connectivity index (χ1v) is 13.2. The standard InChI is InChI=1S/C27H23N3O6S.2H2/c31-26(27(12-13-27)19-8-11-23-24(15-19)36-17-35-23)30-25-5-1-4-22(29-25)18-6-9-21(10-7-18)37(32,33)28-16-20-3-2-14-34-20;;/h1-11,14-15,28H,12-13,16-17H2,(H,29,30,31);2*1H. The van der Waals surface area contributed by atoms with E-state index in [2.05, 4.69) is 15.0 Å². The highest BCUT2D eigenvalue weighted by atomic mass is 32.2. The number of carbonyl (C=O) groups excluding carboxylic acids is 1. The van der Waals surface area contributed by atoms with Gasteiger partial charge in [0.15, 0.2) is 11.5 Å². The lowest BCUT2D eigenvalue weighted by Crippen LogP contribution is -2.28. The zero-order valence-electron chi connectivity index (χ0n) is 19.6. The van der Waals surface area contributed by atoms with Crippen LogP contribution in [0.5, 0.6) is 11.5 Å². The third-order valence-corrected chi connectivity index (χ3v) is 7.99. The maximum Gasteiger partial charge on any atom is 0.240 e. The van der Waals surface area contributed by atoms with Crippen LogP contribution in [0.1, 0.15) is 27.0 Å². The van der Waals surface area contributed by atoms with E-state index in [-0.39, 0.29) is 27.0 Å². The molecule has 1 fully saturated rings. The first kappa shape index (κ1) is 23.3. The minimum atomic E-state index is -3.70. The second kappa shape index (κ2) is 9.06. The number of sulfonamides is 1. The fraction of sp³-hybridized carbons (Fsp3) is 0.185. The van der Waals surface area contributed by atoms with E-state index in [9.17, 15) is 13.2 Å². The Kier molecular flexibility index (Phi) is 5.69. The van der Waals surface area contributed by atoms with Crippen LogP contribution >= 0.6 is 0 Å². The Morgan fingerprint density at radius 3 is 2.54 bits per heavy atom. The third-order valence-electron chi connectivity index (χ3n) is 6.58. The summed E-state index contributed by atoms with van der Waals surface area (Å²) in [7, 11) is -3.70. The Morgan fingerprint density at radius 2 is 1.78 bits per heavy atom. The van der Waals surface area contributed by atoms with Crippen LogP contribution in [0, 0.1) is 0 Å². The highest BCUT2D eigenvalue weighted by molar-refractivity contribution is 7.89. The van der Waals surface area contributed by atoms with Gasteiger partial charge in [-0.25, -0.2) is 18.1 Å². The van der Waals surface area contributed by atoms with Crippen molar-refractivity contribution >= 4 is 21.7 Å². The molecule has 10 heteroatoms. The lowest BCUT2D eigenvalue weighted by Gasteiger charge is -2.16. The number of anilines is 1. The molecular weight excluding hydrogens is 494 g/mol. The highest BCUT2D eigenvalue weighted by Crippen LogP contribution is 2.51. The number of hydrogen-bond acceptors (Lipinski definition) is 7. The van der Waals surface area contributed by atoms with Crippen LogP contribution in [0.4, 0.5) is 5.82 Å². The number of rotatable bonds is 8. The first-order valence-electron chi connectivity index (χ1n) is 11.7. The van der Waals surface area contributed by atoms with E-state index < -0.39 is 15.4 Å². The number of nitrogens with one attached hydrogen (secondary N) is 2. The van der Waals surface area contributed by atoms with Gasteiger partial charge in [0, 0.05) is 8.42 Å². The Bertz CT molecular complexity index is 1570. The van der Waals surface area contributed by atoms with Crippen molar-refractivity contribution < 1.29 is 30.0 Å². The molecule has 2 aromatic heterocycles. The predicted molar refractivity (Wildman–Crippen MR) is 139 cm³/mol. The predicted octanol–water partition coefficient (Wildman–Crippen LogP) is 4.71. The van der Waals surface area contributed by atoms with Crippen LogP contribution in [0.3, 0.4) is 0 Å². The molecule has 0 unspecified atom stereocenters. The largest absolute Gasteiger partial charge is 0.468 e. The molecule has 1 aliphatic carbocycles. The number of nitrogens with zero attached hydrogens (tertiary/aromatic N) is 1. The number of furan rings is 1. The molecule has 1 amide bonds. The summed E-state index contributed by atoms with van der Waals surface area (Å²) >= 11 is 0. The summed E-state index contributed by atoms with van der Waals surface area (Å²) < 4.78 is 43.7. The average molecular weight is 522 g/mol. The van der Waals surface area contributed by atoms with Crippen LogP contribution in [0.25, 0.3) is 11.3 Å². The summed E-state index contributed by atoms with van der Waals surface area (Å²) in [6.45, 7) is 0.247. The van der Waals surface area contributed by atoms with Crippen molar-refractivity contribution in [3.8, 4) is 22.8 Å². The molecule has 0 radical (unpaired) electrons. The van der Waals surface area contributed by atoms with Crippen molar-refractivity contribution in [3.63, 3.8) is 0 Å². The minimum Gasteiger partial charge on any atom is -0.468 e. The van der Waals surface area contributed by atoms with Gasteiger partial charge in [-0.1, -0.05) is 24.3 Å². The number of fused-ring (bicyclic) bond motifs is 1. The summed E-state index contributed by atoms with van der Waals surface area (Å²) in [5.74, 6) is 2.15. The van der Waals surface area contributed by atoms with Gasteiger partial charge in [-0.2, -0.15) is 0 Å². The number of aromatic nitrogens is 1. The molecule has 37 heavy (non-hydrogen) atoms. The number of carbonyl (C=O) groups is 1. The molecule has 2 aliphatic rings. The van der Waals surface area contributed by atoms with Crippen LogP contribution in [-0.2, 0) is 26.8 Å². The SMILES string of the molecule is O=C(Nc1cccc(-c2ccc(S(=O)(=O)NCc3ccco3)cc2)n1)C1(c2ccc3c(c2)OCO3)CC1.[HH].[HH]. The van der Waals surface area contributed by atoms with Gasteiger partial charge in [0.05, 0.1) is 28.8 Å². The number of hydrogen-bond donors (Lipinski definition) is 2. The molecule has 3 heterocycles. The van der Waals surface area contributed by atoms with Crippen molar-refractivity contribution in [1.82, 2.24) is 9.71 Å². The van der Waals surface area contributed by atoms with Gasteiger partial charge < -0.3 is 19.2 Å². The second-order valence-corrected chi connectivity index (χ2v) is 10.7. The van der Waals surface area contributed by atoms with Crippen LogP contribution in [0.2, 0.25) is 0 Å². The van der Waals surface area contributed by atoms with E-state index in [4.69, 9.17) is 13.9 Å². The van der Waals surface area contributed by atoms with Gasteiger partial charge >= 0.3 is 0 Å². The van der Waals surface area contributed by atoms with Crippen LogP contribution < -0.4 is 19.5 Å². The van der Waals surface area contributed by atoms with Gasteiger partial charge in [-0.15, -0.1) is 0 Å². The zero-order chi connectivity index (χ0) is 25.5. The molecule has 9 nitrogen and oxygen atoms in total. The highest BCUT2D eigenvalue weighted by Gasteiger charge is 2.51. The lowest BCUT2D eigenvalue weighted by molar-refractivity contribution is -0.118. The number of ether oxygens (including phenoxy) is 2. The molecular formula is C27H27N3O6S. The van der Waals surface area contributed by atoms with E-state index in [0.717, 1.165) is 24.0 Å². The van der Waals surface area contributed by atoms with E-state index in [1.54, 1.807) is 42.5 Å². The molecule has 4 aromatic rings. The fourth-order valence-electron chi connectivity index (χ4n) is 4.33. The molecule has 0 spiro atoms. The van der Waals surface area contributed by atoms with Crippen molar-refractivity contribution in [1.29, 1.82) is 0 Å². The smallest absolute Gasteiger partial charge is 0.240 e. The summed E-state index contributed by atoms with van der Waals surface area (Å²) in [5, 5.41) is 2.95. The van der Waals surface area contributed by atoms with Gasteiger partial charge in [0.25, 0.3) is 0 Å². The summed E-state index contributed by atoms with van der Waals surface area (Å²) in [4.78, 5) is 18.0. The quantitative estimate of drug-likeness (QED) is 0.345. The molecule has 2 N–H and O–H groups in total. The summed E-state index contributed by atoms with van der Waals surface area (Å²) in [5.41, 5.74) is 1.61. The topological polar surface area (TPSA) is 120 Å². The van der Waals surface area contributed by atoms with Crippen LogP contribution in [0.15, 0.2) is 88.4 Å². The van der Waals surface area contributed by atoms with Crippen molar-refractivity contribution in [2.45, 2.75) is 29.7 Å². The molecule has 192 valence electrons. The molecule has 2 aromatic carbocycles. The Labute approximate surface area is 216 Å². The third kappa shape index (κ3) is 4.56. The normalized spacial score (nSPS) is 15.4. The maximum absolute atomic E-state index is 13.2. The second-order valence-electron chi connectivity index (χ2n) is 8.94. The van der Waals surface area contributed by atoms with E-state index >= 15 is 0 Å². The maximum atomic E-state index is 13.2. The van der Waals surface area contributed by atoms with E-state index in [1.807, 2.05) is 18.2 Å². The molecule has 0 saturated heterocycles. The molecule has 0 atom stereocenters. The van der Waals surface area contributed by atoms with Gasteiger partial charge in [-0.05, 0) is 66.9 Å². The van der Waals surface area contributed by atoms with Gasteiger partial charge in [0.1, 0.15) is 11.6 Å². The summed E-state index contributed by atoms with van der Waals surface area (Å²) in [6, 6.07) is 20.8. The molecule has 1 saturated carbocycles. The Balaban J connectivity index is 0.00000176. The number of benzene rings is 2. The minimum absolute atomic E-state index is 0. The van der Waals surface area contributed by atoms with Crippen molar-refractivity contribution in [2.75, 3.05) is 12.1 Å². The van der Waals surface area contributed by atoms with E-state index in [1.165, 1.54) is 18.4 Å². The molecule has 0 bridgehead atoms. The molecule has 1 aliphatic heterocycles. The lowest BCUT2D eigenvalue weighted by atomic mass is 9.94. The Morgan fingerprint density at radius 1 is 0.973 bits per heavy atom. The zero-order valence-corrected chi connectivity index (χ0v) is 20.5. The van der Waals surface area contributed by atoms with Crippen molar-refractivity contribution in [3.05, 3.63) is 90.4 Å². The van der Waals surface area contributed by atoms with Crippen molar-refractivity contribution in [2.24, 2.45) is 0 Å². The van der Waals surface area contributed by atoms with Crippen LogP contribution in [-0.4, -0.2) is 26.1 Å². The first-order chi connectivity index (χ1) is 17.9. The van der Waals surface area contributed by atoms with E-state index in [0.29, 0.717) is 28.8 Å². The number of pyridine rings is 1.